The molecule has 0 amide bonds. The van der Waals surface area contributed by atoms with E-state index in [4.69, 9.17) is 11.6 Å². The van der Waals surface area contributed by atoms with Crippen LogP contribution in [0.15, 0.2) is 12.4 Å². The molecule has 17 heavy (non-hydrogen) atoms. The Morgan fingerprint density at radius 1 is 1.29 bits per heavy atom. The van der Waals surface area contributed by atoms with Gasteiger partial charge in [0.25, 0.3) is 0 Å². The van der Waals surface area contributed by atoms with Gasteiger partial charge in [-0.15, -0.1) is 0 Å². The van der Waals surface area contributed by atoms with Crippen LogP contribution in [-0.4, -0.2) is 31.0 Å². The summed E-state index contributed by atoms with van der Waals surface area (Å²) in [6, 6.07) is 0. The molecule has 0 aliphatic carbocycles. The minimum atomic E-state index is 0.168. The van der Waals surface area contributed by atoms with Gasteiger partial charge in [-0.1, -0.05) is 6.92 Å². The molecule has 0 aliphatic heterocycles. The molecule has 0 saturated heterocycles. The van der Waals surface area contributed by atoms with Crippen molar-refractivity contribution in [1.29, 1.82) is 0 Å². The molecule has 0 saturated carbocycles. The van der Waals surface area contributed by atoms with Crippen LogP contribution in [0.5, 0.6) is 0 Å². The summed E-state index contributed by atoms with van der Waals surface area (Å²) in [7, 11) is 0. The van der Waals surface area contributed by atoms with Crippen molar-refractivity contribution in [3.63, 3.8) is 0 Å². The summed E-state index contributed by atoms with van der Waals surface area (Å²) in [4.78, 5) is 16.6. The average molecular weight is 253 g/mol. The molecule has 0 spiro atoms. The molecular formula is C10H13ClN6. The number of anilines is 1. The van der Waals surface area contributed by atoms with E-state index >= 15 is 0 Å². The van der Waals surface area contributed by atoms with Crippen molar-refractivity contribution in [2.45, 2.75) is 20.3 Å². The third-order valence-electron chi connectivity index (χ3n) is 2.18. The van der Waals surface area contributed by atoms with Crippen LogP contribution in [0.3, 0.4) is 0 Å². The normalized spacial score (nSPS) is 10.5. The van der Waals surface area contributed by atoms with Crippen molar-refractivity contribution in [2.75, 3.05) is 11.9 Å². The minimum Gasteiger partial charge on any atom is -0.354 e. The minimum absolute atomic E-state index is 0.168. The van der Waals surface area contributed by atoms with Crippen LogP contribution in [0.25, 0.3) is 5.95 Å². The Bertz CT molecular complexity index is 509. The highest BCUT2D eigenvalue weighted by Crippen LogP contribution is 2.11. The first-order chi connectivity index (χ1) is 8.24. The number of aromatic nitrogens is 5. The van der Waals surface area contributed by atoms with E-state index in [0.29, 0.717) is 11.9 Å². The van der Waals surface area contributed by atoms with Gasteiger partial charge in [0.2, 0.25) is 17.2 Å². The Morgan fingerprint density at radius 3 is 2.82 bits per heavy atom. The van der Waals surface area contributed by atoms with Crippen molar-refractivity contribution in [3.05, 3.63) is 23.5 Å². The van der Waals surface area contributed by atoms with Crippen molar-refractivity contribution >= 4 is 17.5 Å². The Morgan fingerprint density at radius 2 is 2.12 bits per heavy atom. The van der Waals surface area contributed by atoms with E-state index in [1.165, 1.54) is 0 Å². The Balaban J connectivity index is 2.44. The molecule has 2 aromatic heterocycles. The summed E-state index contributed by atoms with van der Waals surface area (Å²) in [6.07, 6.45) is 4.32. The second-order valence-corrected chi connectivity index (χ2v) is 3.66. The van der Waals surface area contributed by atoms with Gasteiger partial charge >= 0.3 is 0 Å². The molecule has 7 heteroatoms. The number of aryl methyl sites for hydroxylation is 1. The molecule has 2 rings (SSSR count). The second-order valence-electron chi connectivity index (χ2n) is 3.33. The van der Waals surface area contributed by atoms with Gasteiger partial charge in [-0.2, -0.15) is 15.0 Å². The van der Waals surface area contributed by atoms with E-state index in [0.717, 1.165) is 18.8 Å². The maximum atomic E-state index is 5.86. The van der Waals surface area contributed by atoms with Crippen molar-refractivity contribution < 1.29 is 0 Å². The van der Waals surface area contributed by atoms with E-state index < -0.39 is 0 Å². The molecule has 6 nitrogen and oxygen atoms in total. The van der Waals surface area contributed by atoms with E-state index in [9.17, 15) is 0 Å². The molecule has 2 aromatic rings. The van der Waals surface area contributed by atoms with Crippen molar-refractivity contribution in [3.8, 4) is 5.95 Å². The van der Waals surface area contributed by atoms with Gasteiger partial charge in [-0.05, 0) is 18.5 Å². The fourth-order valence-corrected chi connectivity index (χ4v) is 1.62. The molecule has 90 valence electrons. The lowest BCUT2D eigenvalue weighted by atomic mass is 10.4. The van der Waals surface area contributed by atoms with Gasteiger partial charge in [0, 0.05) is 25.4 Å². The third-order valence-corrected chi connectivity index (χ3v) is 2.35. The lowest BCUT2D eigenvalue weighted by molar-refractivity contribution is 0.823. The quantitative estimate of drug-likeness (QED) is 0.897. The smallest absolute Gasteiger partial charge is 0.241 e. The number of rotatable bonds is 4. The molecule has 0 unspecified atom stereocenters. The summed E-state index contributed by atoms with van der Waals surface area (Å²) >= 11 is 5.86. The Kier molecular flexibility index (Phi) is 3.53. The number of hydrogen-bond acceptors (Lipinski definition) is 5. The number of hydrogen-bond donors (Lipinski definition) is 1. The van der Waals surface area contributed by atoms with Crippen LogP contribution in [0.4, 0.5) is 5.95 Å². The summed E-state index contributed by atoms with van der Waals surface area (Å²) in [5.74, 6) is 1.84. The lowest BCUT2D eigenvalue weighted by Crippen LogP contribution is -2.09. The van der Waals surface area contributed by atoms with Crippen molar-refractivity contribution in [2.24, 2.45) is 0 Å². The van der Waals surface area contributed by atoms with Crippen LogP contribution >= 0.6 is 11.6 Å². The Hall–Kier alpha value is -1.69. The summed E-state index contributed by atoms with van der Waals surface area (Å²) in [5.41, 5.74) is 0. The zero-order valence-corrected chi connectivity index (χ0v) is 10.4. The molecule has 0 radical (unpaired) electrons. The number of halogens is 1. The molecule has 0 fully saturated rings. The lowest BCUT2D eigenvalue weighted by Gasteiger charge is -2.07. The largest absolute Gasteiger partial charge is 0.354 e. The van der Waals surface area contributed by atoms with Crippen LogP contribution in [0.2, 0.25) is 5.28 Å². The predicted molar refractivity (Wildman–Crippen MR) is 65.5 cm³/mol. The molecule has 0 atom stereocenters. The van der Waals surface area contributed by atoms with E-state index in [-0.39, 0.29) is 5.28 Å². The first kappa shape index (κ1) is 11.8. The molecular weight excluding hydrogens is 240 g/mol. The fraction of sp³-hybridized carbons (Fsp3) is 0.400. The fourth-order valence-electron chi connectivity index (χ4n) is 1.46. The van der Waals surface area contributed by atoms with E-state index in [1.807, 2.05) is 13.8 Å². The van der Waals surface area contributed by atoms with Gasteiger partial charge in [0.1, 0.15) is 5.82 Å². The monoisotopic (exact) mass is 252 g/mol. The van der Waals surface area contributed by atoms with E-state index in [2.05, 4.69) is 25.3 Å². The predicted octanol–water partition coefficient (Wildman–Crippen LogP) is 1.70. The van der Waals surface area contributed by atoms with Crippen LogP contribution in [-0.2, 0) is 6.42 Å². The van der Waals surface area contributed by atoms with Gasteiger partial charge in [-0.3, -0.25) is 4.57 Å². The maximum absolute atomic E-state index is 5.86. The van der Waals surface area contributed by atoms with Gasteiger partial charge in [0.15, 0.2) is 0 Å². The van der Waals surface area contributed by atoms with Crippen molar-refractivity contribution in [1.82, 2.24) is 24.5 Å². The molecule has 1 N–H and O–H groups in total. The number of nitrogens with one attached hydrogen (secondary N) is 1. The SMILES string of the molecule is CCNc1nc(Cl)nc(-n2ccnc2CC)n1. The highest BCUT2D eigenvalue weighted by atomic mass is 35.5. The topological polar surface area (TPSA) is 68.5 Å². The number of imidazole rings is 1. The second kappa shape index (κ2) is 5.09. The van der Waals surface area contributed by atoms with Crippen LogP contribution in [0.1, 0.15) is 19.7 Å². The molecule has 2 heterocycles. The summed E-state index contributed by atoms with van der Waals surface area (Å²) in [6.45, 7) is 4.71. The molecule has 0 bridgehead atoms. The first-order valence-electron chi connectivity index (χ1n) is 5.42. The zero-order chi connectivity index (χ0) is 12.3. The van der Waals surface area contributed by atoms with Crippen LogP contribution in [0, 0.1) is 0 Å². The van der Waals surface area contributed by atoms with Gasteiger partial charge in [-0.25, -0.2) is 4.98 Å². The standard InChI is InChI=1S/C10H13ClN6/c1-3-7-13-5-6-17(7)10-15-8(11)14-9(16-10)12-4-2/h5-6H,3-4H2,1-2H3,(H,12,14,15,16). The summed E-state index contributed by atoms with van der Waals surface area (Å²) < 4.78 is 1.80. The average Bonchev–Trinajstić information content (AvgIpc) is 2.76. The molecule has 0 aliphatic rings. The third kappa shape index (κ3) is 2.52. The number of nitrogens with zero attached hydrogens (tertiary/aromatic N) is 5. The Labute approximate surface area is 104 Å². The highest BCUT2D eigenvalue weighted by Gasteiger charge is 2.09. The maximum Gasteiger partial charge on any atom is 0.241 e. The van der Waals surface area contributed by atoms with Crippen LogP contribution < -0.4 is 5.32 Å². The zero-order valence-electron chi connectivity index (χ0n) is 9.68. The van der Waals surface area contributed by atoms with Gasteiger partial charge in [0.05, 0.1) is 0 Å². The first-order valence-corrected chi connectivity index (χ1v) is 5.80. The highest BCUT2D eigenvalue weighted by molar-refractivity contribution is 6.28. The molecule has 0 aromatic carbocycles. The summed E-state index contributed by atoms with van der Waals surface area (Å²) in [5, 5.41) is 3.18. The van der Waals surface area contributed by atoms with E-state index in [1.54, 1.807) is 17.0 Å². The van der Waals surface area contributed by atoms with Gasteiger partial charge < -0.3 is 5.32 Å².